The monoisotopic (exact) mass is 327 g/mol. The van der Waals surface area contributed by atoms with Gasteiger partial charge in [-0.15, -0.1) is 0 Å². The quantitative estimate of drug-likeness (QED) is 0.641. The van der Waals surface area contributed by atoms with Gasteiger partial charge in [-0.1, -0.05) is 0 Å². The number of nitrogens with zero attached hydrogens (tertiary/aromatic N) is 6. The second-order valence-electron chi connectivity index (χ2n) is 6.41. The third-order valence-electron chi connectivity index (χ3n) is 4.72. The Morgan fingerprint density at radius 1 is 1.29 bits per heavy atom. The Balaban J connectivity index is 1.53. The summed E-state index contributed by atoms with van der Waals surface area (Å²) >= 11 is 0. The minimum absolute atomic E-state index is 0.151. The number of nitrogens with two attached hydrogens (primary N) is 2. The lowest BCUT2D eigenvalue weighted by molar-refractivity contribution is 0.315. The van der Waals surface area contributed by atoms with Gasteiger partial charge in [-0.2, -0.15) is 15.1 Å². The summed E-state index contributed by atoms with van der Waals surface area (Å²) in [6.07, 6.45) is 2.95. The molecule has 1 saturated heterocycles. The number of nitrogen functional groups attached to an aromatic ring is 2. The van der Waals surface area contributed by atoms with Gasteiger partial charge in [0.15, 0.2) is 11.5 Å². The van der Waals surface area contributed by atoms with E-state index in [0.29, 0.717) is 22.9 Å². The van der Waals surface area contributed by atoms with Crippen LogP contribution in [0.2, 0.25) is 0 Å². The minimum Gasteiger partial charge on any atom is -0.382 e. The molecule has 0 spiro atoms. The molecule has 0 radical (unpaired) electrons. The number of aromatic amines is 1. The van der Waals surface area contributed by atoms with Crippen LogP contribution < -0.4 is 11.5 Å². The van der Waals surface area contributed by atoms with Crippen molar-refractivity contribution < 1.29 is 0 Å². The molecule has 0 amide bonds. The van der Waals surface area contributed by atoms with E-state index in [4.69, 9.17) is 11.5 Å². The molecule has 0 saturated carbocycles. The third kappa shape index (κ3) is 2.46. The van der Waals surface area contributed by atoms with Gasteiger partial charge in [0, 0.05) is 26.1 Å². The summed E-state index contributed by atoms with van der Waals surface area (Å²) in [6, 6.07) is 0. The molecule has 1 unspecified atom stereocenters. The van der Waals surface area contributed by atoms with E-state index < -0.39 is 0 Å². The fraction of sp³-hybridized carbons (Fsp3) is 0.467. The maximum atomic E-state index is 5.90. The zero-order chi connectivity index (χ0) is 16.8. The van der Waals surface area contributed by atoms with Gasteiger partial charge in [-0.3, -0.25) is 9.58 Å². The lowest BCUT2D eigenvalue weighted by Gasteiger charge is -2.16. The van der Waals surface area contributed by atoms with Gasteiger partial charge in [-0.05, 0) is 25.5 Å². The Morgan fingerprint density at radius 2 is 2.12 bits per heavy atom. The van der Waals surface area contributed by atoms with Crippen molar-refractivity contribution in [2.24, 2.45) is 7.05 Å². The van der Waals surface area contributed by atoms with Gasteiger partial charge in [0.25, 0.3) is 0 Å². The van der Waals surface area contributed by atoms with Crippen LogP contribution in [0.4, 0.5) is 11.8 Å². The Morgan fingerprint density at radius 3 is 2.88 bits per heavy atom. The van der Waals surface area contributed by atoms with Crippen molar-refractivity contribution in [1.82, 2.24) is 34.6 Å². The molecule has 1 fully saturated rings. The normalized spacial score (nSPS) is 18.7. The zero-order valence-corrected chi connectivity index (χ0v) is 13.8. The molecule has 1 aliphatic rings. The van der Waals surface area contributed by atoms with E-state index in [-0.39, 0.29) is 5.95 Å². The standard InChI is InChI=1S/C15H21N9/c1-8-5-18-23(2)10(8)7-24-4-3-9(6-24)13-19-11-12(16)20-15(17)22-14(11)21-13/h5,9H,3-4,6-7H2,1-2H3,(H5,16,17,19,20,21,22). The molecule has 24 heavy (non-hydrogen) atoms. The second kappa shape index (κ2) is 5.45. The Labute approximate surface area is 139 Å². The van der Waals surface area contributed by atoms with Crippen molar-refractivity contribution in [3.63, 3.8) is 0 Å². The zero-order valence-electron chi connectivity index (χ0n) is 13.8. The Bertz CT molecular complexity index is 874. The molecule has 126 valence electrons. The highest BCUT2D eigenvalue weighted by atomic mass is 15.3. The van der Waals surface area contributed by atoms with Crippen molar-refractivity contribution in [2.45, 2.75) is 25.8 Å². The first-order chi connectivity index (χ1) is 11.5. The highest BCUT2D eigenvalue weighted by molar-refractivity contribution is 5.82. The molecular weight excluding hydrogens is 306 g/mol. The number of aromatic nitrogens is 6. The number of imidazole rings is 1. The number of nitrogens with one attached hydrogen (secondary N) is 1. The van der Waals surface area contributed by atoms with E-state index in [2.05, 4.69) is 36.9 Å². The number of fused-ring (bicyclic) bond motifs is 1. The molecule has 0 aromatic carbocycles. The average molecular weight is 327 g/mol. The number of hydrogen-bond acceptors (Lipinski definition) is 7. The Kier molecular flexibility index (Phi) is 3.38. The molecule has 3 aromatic rings. The minimum atomic E-state index is 0.151. The predicted octanol–water partition coefficient (Wildman–Crippen LogP) is 0.549. The third-order valence-corrected chi connectivity index (χ3v) is 4.72. The molecule has 5 N–H and O–H groups in total. The van der Waals surface area contributed by atoms with Crippen LogP contribution in [0.1, 0.15) is 29.4 Å². The molecule has 9 nitrogen and oxygen atoms in total. The van der Waals surface area contributed by atoms with E-state index in [1.165, 1.54) is 11.3 Å². The number of rotatable bonds is 3. The van der Waals surface area contributed by atoms with Crippen molar-refractivity contribution in [3.05, 3.63) is 23.3 Å². The van der Waals surface area contributed by atoms with Gasteiger partial charge in [-0.25, -0.2) is 4.98 Å². The summed E-state index contributed by atoms with van der Waals surface area (Å²) in [4.78, 5) is 18.4. The summed E-state index contributed by atoms with van der Waals surface area (Å²) in [5.74, 6) is 1.73. The second-order valence-corrected chi connectivity index (χ2v) is 6.41. The first-order valence-corrected chi connectivity index (χ1v) is 7.99. The Hall–Kier alpha value is -2.68. The van der Waals surface area contributed by atoms with Crippen molar-refractivity contribution in [1.29, 1.82) is 0 Å². The lowest BCUT2D eigenvalue weighted by atomic mass is 10.1. The van der Waals surface area contributed by atoms with Gasteiger partial charge in [0.1, 0.15) is 11.3 Å². The van der Waals surface area contributed by atoms with E-state index in [1.54, 1.807) is 0 Å². The van der Waals surface area contributed by atoms with Crippen molar-refractivity contribution in [3.8, 4) is 0 Å². The number of H-pyrrole nitrogens is 1. The summed E-state index contributed by atoms with van der Waals surface area (Å²) in [6.45, 7) is 4.96. The average Bonchev–Trinajstić information content (AvgIpc) is 3.22. The highest BCUT2D eigenvalue weighted by Gasteiger charge is 2.27. The topological polar surface area (TPSA) is 128 Å². The van der Waals surface area contributed by atoms with E-state index in [1.807, 2.05) is 17.9 Å². The van der Waals surface area contributed by atoms with Crippen LogP contribution in [-0.2, 0) is 13.6 Å². The SMILES string of the molecule is Cc1cnn(C)c1CN1CCC(c2nc3nc(N)nc(N)c3[nH]2)C1. The first kappa shape index (κ1) is 14.9. The fourth-order valence-electron chi connectivity index (χ4n) is 3.36. The first-order valence-electron chi connectivity index (χ1n) is 7.99. The van der Waals surface area contributed by atoms with Crippen LogP contribution in [0.15, 0.2) is 6.20 Å². The molecular formula is C15H21N9. The van der Waals surface area contributed by atoms with Gasteiger partial charge < -0.3 is 16.5 Å². The van der Waals surface area contributed by atoms with Gasteiger partial charge in [0.2, 0.25) is 5.95 Å². The number of anilines is 2. The van der Waals surface area contributed by atoms with Crippen LogP contribution >= 0.6 is 0 Å². The van der Waals surface area contributed by atoms with E-state index in [0.717, 1.165) is 31.9 Å². The molecule has 9 heteroatoms. The fourth-order valence-corrected chi connectivity index (χ4v) is 3.36. The van der Waals surface area contributed by atoms with Crippen LogP contribution in [0.5, 0.6) is 0 Å². The summed E-state index contributed by atoms with van der Waals surface area (Å²) in [7, 11) is 1.99. The maximum absolute atomic E-state index is 5.90. The van der Waals surface area contributed by atoms with Gasteiger partial charge in [0.05, 0.1) is 11.9 Å². The number of aryl methyl sites for hydroxylation is 2. The molecule has 1 atom stereocenters. The smallest absolute Gasteiger partial charge is 0.224 e. The largest absolute Gasteiger partial charge is 0.382 e. The predicted molar refractivity (Wildman–Crippen MR) is 91.1 cm³/mol. The number of hydrogen-bond donors (Lipinski definition) is 3. The molecule has 0 bridgehead atoms. The van der Waals surface area contributed by atoms with E-state index >= 15 is 0 Å². The van der Waals surface area contributed by atoms with Crippen LogP contribution in [0.25, 0.3) is 11.2 Å². The van der Waals surface area contributed by atoms with Crippen LogP contribution in [-0.4, -0.2) is 47.7 Å². The van der Waals surface area contributed by atoms with Crippen molar-refractivity contribution >= 4 is 22.9 Å². The maximum Gasteiger partial charge on any atom is 0.224 e. The van der Waals surface area contributed by atoms with E-state index in [9.17, 15) is 0 Å². The molecule has 4 heterocycles. The van der Waals surface area contributed by atoms with Crippen LogP contribution in [0, 0.1) is 6.92 Å². The summed E-state index contributed by atoms with van der Waals surface area (Å²) < 4.78 is 1.95. The lowest BCUT2D eigenvalue weighted by Crippen LogP contribution is -2.22. The molecule has 0 aliphatic carbocycles. The van der Waals surface area contributed by atoms with Crippen LogP contribution in [0.3, 0.4) is 0 Å². The molecule has 4 rings (SSSR count). The highest BCUT2D eigenvalue weighted by Crippen LogP contribution is 2.29. The van der Waals surface area contributed by atoms with Crippen molar-refractivity contribution in [2.75, 3.05) is 24.6 Å². The summed E-state index contributed by atoms with van der Waals surface area (Å²) in [5.41, 5.74) is 15.2. The number of likely N-dealkylation sites (tertiary alicyclic amines) is 1. The summed E-state index contributed by atoms with van der Waals surface area (Å²) in [5, 5.41) is 4.31. The molecule has 3 aromatic heterocycles. The van der Waals surface area contributed by atoms with Gasteiger partial charge >= 0.3 is 0 Å². The molecule has 1 aliphatic heterocycles.